The average molecular weight is 558 g/mol. The van der Waals surface area contributed by atoms with Gasteiger partial charge in [0.1, 0.15) is 0 Å². The van der Waals surface area contributed by atoms with Crippen molar-refractivity contribution in [1.29, 1.82) is 0 Å². The predicted octanol–water partition coefficient (Wildman–Crippen LogP) is 3.66. The number of anilines is 1. The summed E-state index contributed by atoms with van der Waals surface area (Å²) in [4.78, 5) is 26.6. The highest BCUT2D eigenvalue weighted by atomic mass is 32.2. The van der Waals surface area contributed by atoms with Gasteiger partial charge in [-0.25, -0.2) is 8.42 Å². The second-order valence-electron chi connectivity index (χ2n) is 8.23. The van der Waals surface area contributed by atoms with Gasteiger partial charge >= 0.3 is 0 Å². The third-order valence-electron chi connectivity index (χ3n) is 5.73. The first-order valence-corrected chi connectivity index (χ1v) is 14.3. The number of rotatable bonds is 12. The highest BCUT2D eigenvalue weighted by molar-refractivity contribution is 7.98. The predicted molar refractivity (Wildman–Crippen MR) is 149 cm³/mol. The topological polar surface area (TPSA) is 114 Å². The van der Waals surface area contributed by atoms with Crippen LogP contribution in [0.3, 0.4) is 0 Å². The lowest BCUT2D eigenvalue weighted by Crippen LogP contribution is -2.35. The van der Waals surface area contributed by atoms with Gasteiger partial charge in [-0.15, -0.1) is 11.8 Å². The molecule has 0 heterocycles. The summed E-state index contributed by atoms with van der Waals surface area (Å²) in [7, 11) is 0.604. The van der Waals surface area contributed by atoms with Gasteiger partial charge in [0.25, 0.3) is 5.91 Å². The number of carbonyl (C=O) groups is 2. The van der Waals surface area contributed by atoms with Crippen molar-refractivity contribution in [3.63, 3.8) is 0 Å². The van der Waals surface area contributed by atoms with Crippen LogP contribution in [0.4, 0.5) is 5.69 Å². The monoisotopic (exact) mass is 557 g/mol. The summed E-state index contributed by atoms with van der Waals surface area (Å²) in [6, 6.07) is 18.6. The van der Waals surface area contributed by atoms with Crippen LogP contribution in [-0.4, -0.2) is 65.1 Å². The molecule has 0 aliphatic carbocycles. The number of nitrogens with zero attached hydrogens (tertiary/aromatic N) is 1. The van der Waals surface area contributed by atoms with Crippen LogP contribution in [0.1, 0.15) is 15.9 Å². The maximum atomic E-state index is 12.9. The van der Waals surface area contributed by atoms with E-state index in [1.165, 1.54) is 30.9 Å². The summed E-state index contributed by atoms with van der Waals surface area (Å²) in [5.41, 5.74) is 1.51. The highest BCUT2D eigenvalue weighted by Gasteiger charge is 2.23. The molecule has 0 unspecified atom stereocenters. The number of likely N-dealkylation sites (N-methyl/N-ethyl adjacent to an activating group) is 1. The summed E-state index contributed by atoms with van der Waals surface area (Å²) in [5.74, 6) is 0.295. The maximum absolute atomic E-state index is 12.9. The molecule has 0 saturated carbocycles. The molecule has 0 aromatic heterocycles. The van der Waals surface area contributed by atoms with Gasteiger partial charge in [-0.3, -0.25) is 9.59 Å². The van der Waals surface area contributed by atoms with Crippen LogP contribution in [0.2, 0.25) is 0 Å². The lowest BCUT2D eigenvalue weighted by molar-refractivity contribution is -0.116. The molecule has 0 aliphatic rings. The van der Waals surface area contributed by atoms with E-state index in [1.54, 1.807) is 56.7 Å². The Bertz CT molecular complexity index is 1380. The Balaban J connectivity index is 1.61. The van der Waals surface area contributed by atoms with E-state index in [0.29, 0.717) is 24.5 Å². The van der Waals surface area contributed by atoms with Crippen LogP contribution in [-0.2, 0) is 21.2 Å². The minimum atomic E-state index is -3.86. The van der Waals surface area contributed by atoms with Gasteiger partial charge in [-0.1, -0.05) is 18.2 Å². The van der Waals surface area contributed by atoms with Crippen molar-refractivity contribution in [1.82, 2.24) is 9.62 Å². The minimum absolute atomic E-state index is 0.0971. The van der Waals surface area contributed by atoms with Crippen LogP contribution >= 0.6 is 11.8 Å². The van der Waals surface area contributed by atoms with E-state index >= 15 is 0 Å². The molecule has 3 rings (SSSR count). The molecule has 3 aromatic rings. The van der Waals surface area contributed by atoms with Gasteiger partial charge < -0.3 is 20.1 Å². The van der Waals surface area contributed by atoms with E-state index in [2.05, 4.69) is 10.6 Å². The molecule has 0 saturated heterocycles. The zero-order chi connectivity index (χ0) is 27.7. The largest absolute Gasteiger partial charge is 0.493 e. The standard InChI is InChI=1S/C27H31N3O6S2/c1-30(38(33,34)21-12-10-20(37-4)11-13-21)18-26(31)29-23-8-6-5-7-22(23)27(32)28-16-15-19-9-14-24(35-2)25(17-19)36-3/h5-14,17H,15-16,18H2,1-4H3,(H,28,32)(H,29,31). The summed E-state index contributed by atoms with van der Waals surface area (Å²) in [6.07, 6.45) is 2.46. The molecule has 11 heteroatoms. The molecule has 0 spiro atoms. The van der Waals surface area contributed by atoms with Gasteiger partial charge in [0.2, 0.25) is 15.9 Å². The SMILES string of the molecule is COc1ccc(CCNC(=O)c2ccccc2NC(=O)CN(C)S(=O)(=O)c2ccc(SC)cc2)cc1OC. The number of carbonyl (C=O) groups excluding carboxylic acids is 2. The van der Waals surface area contributed by atoms with Crippen molar-refractivity contribution in [3.8, 4) is 11.5 Å². The van der Waals surface area contributed by atoms with Gasteiger partial charge in [0, 0.05) is 18.5 Å². The summed E-state index contributed by atoms with van der Waals surface area (Å²) < 4.78 is 37.3. The quantitative estimate of drug-likeness (QED) is 0.327. The Morgan fingerprint density at radius 3 is 2.29 bits per heavy atom. The van der Waals surface area contributed by atoms with E-state index in [0.717, 1.165) is 14.8 Å². The summed E-state index contributed by atoms with van der Waals surface area (Å²) in [5, 5.41) is 5.51. The molecule has 202 valence electrons. The van der Waals surface area contributed by atoms with Crippen molar-refractivity contribution >= 4 is 39.3 Å². The number of nitrogens with one attached hydrogen (secondary N) is 2. The maximum Gasteiger partial charge on any atom is 0.253 e. The molecule has 0 aliphatic heterocycles. The summed E-state index contributed by atoms with van der Waals surface area (Å²) in [6.45, 7) is -0.0607. The van der Waals surface area contributed by atoms with Gasteiger partial charge in [0.05, 0.1) is 36.9 Å². The number of hydrogen-bond acceptors (Lipinski definition) is 7. The number of methoxy groups -OCH3 is 2. The lowest BCUT2D eigenvalue weighted by Gasteiger charge is -2.18. The third kappa shape index (κ3) is 7.27. The molecule has 0 bridgehead atoms. The number of hydrogen-bond donors (Lipinski definition) is 2. The van der Waals surface area contributed by atoms with Crippen molar-refractivity contribution in [2.75, 3.05) is 45.9 Å². The van der Waals surface area contributed by atoms with Crippen LogP contribution < -0.4 is 20.1 Å². The second kappa shape index (κ2) is 13.3. The number of para-hydroxylation sites is 1. The molecule has 2 N–H and O–H groups in total. The Kier molecular flexibility index (Phi) is 10.2. The Hall–Kier alpha value is -3.54. The third-order valence-corrected chi connectivity index (χ3v) is 8.29. The molecule has 3 aromatic carbocycles. The average Bonchev–Trinajstić information content (AvgIpc) is 2.93. The van der Waals surface area contributed by atoms with E-state index < -0.39 is 22.5 Å². The first-order chi connectivity index (χ1) is 18.2. The zero-order valence-corrected chi connectivity index (χ0v) is 23.3. The number of ether oxygens (including phenoxy) is 2. The highest BCUT2D eigenvalue weighted by Crippen LogP contribution is 2.27. The first-order valence-electron chi connectivity index (χ1n) is 11.7. The van der Waals surface area contributed by atoms with Gasteiger partial charge in [-0.05, 0) is 66.8 Å². The molecular weight excluding hydrogens is 526 g/mol. The lowest BCUT2D eigenvalue weighted by atomic mass is 10.1. The van der Waals surface area contributed by atoms with Crippen molar-refractivity contribution in [2.45, 2.75) is 16.2 Å². The number of amides is 2. The zero-order valence-electron chi connectivity index (χ0n) is 21.7. The molecule has 0 atom stereocenters. The fraction of sp³-hybridized carbons (Fsp3) is 0.259. The first kappa shape index (κ1) is 29.0. The Morgan fingerprint density at radius 1 is 0.947 bits per heavy atom. The second-order valence-corrected chi connectivity index (χ2v) is 11.2. The fourth-order valence-corrected chi connectivity index (χ4v) is 5.18. The molecular formula is C27H31N3O6S2. The van der Waals surface area contributed by atoms with Crippen LogP contribution in [0, 0.1) is 0 Å². The minimum Gasteiger partial charge on any atom is -0.493 e. The van der Waals surface area contributed by atoms with E-state index in [9.17, 15) is 18.0 Å². The van der Waals surface area contributed by atoms with E-state index in [1.807, 2.05) is 18.4 Å². The fourth-order valence-electron chi connectivity index (χ4n) is 3.65. The van der Waals surface area contributed by atoms with Crippen molar-refractivity contribution < 1.29 is 27.5 Å². The smallest absolute Gasteiger partial charge is 0.253 e. The van der Waals surface area contributed by atoms with Gasteiger partial charge in [0.15, 0.2) is 11.5 Å². The van der Waals surface area contributed by atoms with Crippen molar-refractivity contribution in [2.24, 2.45) is 0 Å². The van der Waals surface area contributed by atoms with Crippen LogP contribution in [0.25, 0.3) is 0 Å². The van der Waals surface area contributed by atoms with Crippen LogP contribution in [0.5, 0.6) is 11.5 Å². The Morgan fingerprint density at radius 2 is 1.63 bits per heavy atom. The molecule has 0 fully saturated rings. The molecule has 38 heavy (non-hydrogen) atoms. The van der Waals surface area contributed by atoms with Crippen molar-refractivity contribution in [3.05, 3.63) is 77.9 Å². The van der Waals surface area contributed by atoms with Crippen LogP contribution in [0.15, 0.2) is 76.5 Å². The molecule has 9 nitrogen and oxygen atoms in total. The number of sulfonamides is 1. The van der Waals surface area contributed by atoms with E-state index in [4.69, 9.17) is 9.47 Å². The molecule has 0 radical (unpaired) electrons. The summed E-state index contributed by atoms with van der Waals surface area (Å²) >= 11 is 1.50. The normalized spacial score (nSPS) is 11.2. The number of thioether (sulfide) groups is 1. The van der Waals surface area contributed by atoms with Gasteiger partial charge in [-0.2, -0.15) is 4.31 Å². The Labute approximate surface area is 227 Å². The number of benzene rings is 3. The molecule has 2 amide bonds. The van der Waals surface area contributed by atoms with E-state index in [-0.39, 0.29) is 22.1 Å².